The number of carbonyl (C=O) groups excluding carboxylic acids is 1. The number of nitrogens with two attached hydrogens (primary N) is 1. The van der Waals surface area contributed by atoms with Crippen molar-refractivity contribution in [2.24, 2.45) is 0 Å². The van der Waals surface area contributed by atoms with Crippen LogP contribution < -0.4 is 11.1 Å². The first kappa shape index (κ1) is 13.0. The number of aryl methyl sites for hydroxylation is 2. The van der Waals surface area contributed by atoms with Gasteiger partial charge in [-0.25, -0.2) is 0 Å². The first-order valence-electron chi connectivity index (χ1n) is 6.08. The molecule has 0 fully saturated rings. The number of phenolic OH excluding ortho intramolecular Hbond substituents is 1. The summed E-state index contributed by atoms with van der Waals surface area (Å²) in [5.41, 5.74) is 8.06. The molecule has 0 saturated heterocycles. The fraction of sp³-hybridized carbons (Fsp3) is 0.214. The van der Waals surface area contributed by atoms with Crippen molar-refractivity contribution in [1.29, 1.82) is 0 Å². The number of benzene rings is 1. The van der Waals surface area contributed by atoms with Crippen molar-refractivity contribution in [3.8, 4) is 5.75 Å². The Morgan fingerprint density at radius 1 is 1.42 bits per heavy atom. The van der Waals surface area contributed by atoms with Gasteiger partial charge in [0.2, 0.25) is 0 Å². The van der Waals surface area contributed by atoms with Gasteiger partial charge in [-0.2, -0.15) is 0 Å². The summed E-state index contributed by atoms with van der Waals surface area (Å²) in [5.74, 6) is -0.0926. The lowest BCUT2D eigenvalue weighted by Crippen LogP contribution is -2.16. The number of hydrogen-bond acceptors (Lipinski definition) is 3. The molecule has 1 heterocycles. The third-order valence-electron chi connectivity index (χ3n) is 2.96. The van der Waals surface area contributed by atoms with Crippen LogP contribution in [0.25, 0.3) is 0 Å². The van der Waals surface area contributed by atoms with E-state index in [1.54, 1.807) is 35.9 Å². The Morgan fingerprint density at radius 3 is 2.79 bits per heavy atom. The lowest BCUT2D eigenvalue weighted by atomic mass is 10.2. The van der Waals surface area contributed by atoms with Gasteiger partial charge < -0.3 is 20.7 Å². The molecule has 1 amide bonds. The first-order chi connectivity index (χ1) is 9.01. The third kappa shape index (κ3) is 2.70. The number of phenols is 1. The van der Waals surface area contributed by atoms with Crippen molar-refractivity contribution < 1.29 is 9.90 Å². The van der Waals surface area contributed by atoms with Gasteiger partial charge in [0.25, 0.3) is 5.91 Å². The molecule has 100 valence electrons. The van der Waals surface area contributed by atoms with E-state index in [2.05, 4.69) is 5.32 Å². The number of rotatable bonds is 3. The minimum Gasteiger partial charge on any atom is -0.508 e. The highest BCUT2D eigenvalue weighted by Gasteiger charge is 2.12. The summed E-state index contributed by atoms with van der Waals surface area (Å²) < 4.78 is 1.78. The largest absolute Gasteiger partial charge is 0.508 e. The van der Waals surface area contributed by atoms with Crippen molar-refractivity contribution in [3.05, 3.63) is 41.7 Å². The van der Waals surface area contributed by atoms with Crippen LogP contribution in [0.3, 0.4) is 0 Å². The van der Waals surface area contributed by atoms with E-state index in [-0.39, 0.29) is 11.7 Å². The molecule has 5 nitrogen and oxygen atoms in total. The molecule has 0 aliphatic rings. The van der Waals surface area contributed by atoms with Crippen LogP contribution in [0.5, 0.6) is 5.75 Å². The Kier molecular flexibility index (Phi) is 3.46. The van der Waals surface area contributed by atoms with E-state index in [4.69, 9.17) is 5.73 Å². The van der Waals surface area contributed by atoms with E-state index in [0.717, 1.165) is 5.56 Å². The summed E-state index contributed by atoms with van der Waals surface area (Å²) in [6, 6.07) is 6.65. The minimum absolute atomic E-state index is 0.156. The molecule has 4 N–H and O–H groups in total. The molecule has 0 aliphatic heterocycles. The molecule has 0 bridgehead atoms. The summed E-state index contributed by atoms with van der Waals surface area (Å²) in [7, 11) is 0. The normalized spacial score (nSPS) is 10.4. The molecule has 0 atom stereocenters. The fourth-order valence-electron chi connectivity index (χ4n) is 1.87. The van der Waals surface area contributed by atoms with Crippen molar-refractivity contribution in [1.82, 2.24) is 4.57 Å². The van der Waals surface area contributed by atoms with Crippen molar-refractivity contribution in [3.63, 3.8) is 0 Å². The van der Waals surface area contributed by atoms with Crippen molar-refractivity contribution in [2.45, 2.75) is 20.4 Å². The third-order valence-corrected chi connectivity index (χ3v) is 2.96. The molecule has 1 aromatic carbocycles. The average molecular weight is 259 g/mol. The molecule has 0 unspecified atom stereocenters. The summed E-state index contributed by atoms with van der Waals surface area (Å²) in [5, 5.41) is 12.4. The molecule has 19 heavy (non-hydrogen) atoms. The molecule has 2 aromatic rings. The van der Waals surface area contributed by atoms with E-state index in [0.29, 0.717) is 23.6 Å². The number of anilines is 2. The van der Waals surface area contributed by atoms with Crippen LogP contribution in [0.2, 0.25) is 0 Å². The van der Waals surface area contributed by atoms with Gasteiger partial charge in [0.1, 0.15) is 11.4 Å². The second-order valence-corrected chi connectivity index (χ2v) is 4.40. The molecule has 2 rings (SSSR count). The second kappa shape index (κ2) is 5.06. The van der Waals surface area contributed by atoms with Crippen LogP contribution in [0.15, 0.2) is 30.5 Å². The maximum atomic E-state index is 12.1. The summed E-state index contributed by atoms with van der Waals surface area (Å²) in [4.78, 5) is 12.1. The van der Waals surface area contributed by atoms with E-state index in [9.17, 15) is 9.90 Å². The smallest absolute Gasteiger partial charge is 0.272 e. The molecule has 0 spiro atoms. The zero-order valence-electron chi connectivity index (χ0n) is 11.0. The van der Waals surface area contributed by atoms with Crippen molar-refractivity contribution in [2.75, 3.05) is 11.1 Å². The van der Waals surface area contributed by atoms with Gasteiger partial charge in [0, 0.05) is 24.5 Å². The monoisotopic (exact) mass is 259 g/mol. The number of carbonyl (C=O) groups is 1. The molecular weight excluding hydrogens is 242 g/mol. The van der Waals surface area contributed by atoms with Gasteiger partial charge in [-0.3, -0.25) is 4.79 Å². The average Bonchev–Trinajstić information content (AvgIpc) is 2.75. The van der Waals surface area contributed by atoms with Crippen molar-refractivity contribution >= 4 is 17.3 Å². The van der Waals surface area contributed by atoms with Crippen LogP contribution in [0.1, 0.15) is 23.0 Å². The molecule has 5 heteroatoms. The Balaban J connectivity index is 2.22. The number of aromatic nitrogens is 1. The number of nitrogens with one attached hydrogen (secondary N) is 1. The highest BCUT2D eigenvalue weighted by Crippen LogP contribution is 2.21. The minimum atomic E-state index is -0.248. The van der Waals surface area contributed by atoms with Crippen LogP contribution in [-0.4, -0.2) is 15.6 Å². The fourth-order valence-corrected chi connectivity index (χ4v) is 1.87. The predicted octanol–water partition coefficient (Wildman–Crippen LogP) is 2.36. The highest BCUT2D eigenvalue weighted by atomic mass is 16.3. The number of nitrogens with zero attached hydrogens (tertiary/aromatic N) is 1. The van der Waals surface area contributed by atoms with Gasteiger partial charge in [0.05, 0.1) is 5.69 Å². The lowest BCUT2D eigenvalue weighted by Gasteiger charge is -2.08. The molecule has 1 aromatic heterocycles. The number of nitrogen functional groups attached to an aromatic ring is 1. The summed E-state index contributed by atoms with van der Waals surface area (Å²) in [6.07, 6.45) is 1.72. The number of hydrogen-bond donors (Lipinski definition) is 3. The van der Waals surface area contributed by atoms with Crippen LogP contribution in [-0.2, 0) is 6.54 Å². The van der Waals surface area contributed by atoms with Gasteiger partial charge in [0.15, 0.2) is 0 Å². The van der Waals surface area contributed by atoms with Gasteiger partial charge in [-0.05, 0) is 31.5 Å². The van der Waals surface area contributed by atoms with E-state index in [1.165, 1.54) is 6.07 Å². The molecule has 0 aliphatic carbocycles. The predicted molar refractivity (Wildman–Crippen MR) is 75.3 cm³/mol. The zero-order chi connectivity index (χ0) is 14.0. The van der Waals surface area contributed by atoms with E-state index in [1.807, 2.05) is 6.92 Å². The van der Waals surface area contributed by atoms with Gasteiger partial charge in [-0.15, -0.1) is 0 Å². The maximum absolute atomic E-state index is 12.1. The molecular formula is C14H17N3O2. The van der Waals surface area contributed by atoms with Crippen LogP contribution in [0.4, 0.5) is 11.4 Å². The Bertz CT molecular complexity index is 617. The molecule has 0 saturated carbocycles. The summed E-state index contributed by atoms with van der Waals surface area (Å²) in [6.45, 7) is 4.40. The molecule has 0 radical (unpaired) electrons. The van der Waals surface area contributed by atoms with E-state index >= 15 is 0 Å². The van der Waals surface area contributed by atoms with Gasteiger partial charge in [-0.1, -0.05) is 6.07 Å². The second-order valence-electron chi connectivity index (χ2n) is 4.40. The lowest BCUT2D eigenvalue weighted by molar-refractivity contribution is 0.101. The Morgan fingerprint density at radius 2 is 2.16 bits per heavy atom. The SMILES string of the molecule is CCn1cc(N)cc1C(=O)Nc1ccc(C)c(O)c1. The standard InChI is InChI=1S/C14H17N3O2/c1-3-17-8-10(15)6-12(17)14(19)16-11-5-4-9(2)13(18)7-11/h4-8,18H,3,15H2,1-2H3,(H,16,19). The first-order valence-corrected chi connectivity index (χ1v) is 6.08. The number of amides is 1. The maximum Gasteiger partial charge on any atom is 0.272 e. The Labute approximate surface area is 111 Å². The van der Waals surface area contributed by atoms with Gasteiger partial charge >= 0.3 is 0 Å². The van der Waals surface area contributed by atoms with Crippen LogP contribution in [0, 0.1) is 6.92 Å². The highest BCUT2D eigenvalue weighted by molar-refractivity contribution is 6.03. The quantitative estimate of drug-likeness (QED) is 0.791. The number of aromatic hydroxyl groups is 1. The topological polar surface area (TPSA) is 80.3 Å². The van der Waals surface area contributed by atoms with Crippen LogP contribution >= 0.6 is 0 Å². The van der Waals surface area contributed by atoms with E-state index < -0.39 is 0 Å². The zero-order valence-corrected chi connectivity index (χ0v) is 11.0. The Hall–Kier alpha value is -2.43. The summed E-state index contributed by atoms with van der Waals surface area (Å²) >= 11 is 0.